The summed E-state index contributed by atoms with van der Waals surface area (Å²) in [5, 5.41) is 14.0. The molecule has 5 nitrogen and oxygen atoms in total. The first-order valence-corrected chi connectivity index (χ1v) is 10.6. The standard InChI is InChI=1S/C26H32N2O3/c1-18-6-5-7-25(28-18)26(29)17-27-19(2)16-24(20-8-12-22(30-3)13-9-20)21-10-14-23(31-4)15-11-21/h5-15,19,24,26-27,29H,16-17H2,1-4H3/t19-,26-/m0/s1. The molecule has 3 rings (SSSR count). The summed E-state index contributed by atoms with van der Waals surface area (Å²) in [7, 11) is 3.35. The SMILES string of the molecule is COc1ccc(C(C[C@H](C)NC[C@H](O)c2cccc(C)n2)c2ccc(OC)cc2)cc1. The lowest BCUT2D eigenvalue weighted by Gasteiger charge is -2.24. The molecule has 5 heteroatoms. The van der Waals surface area contributed by atoms with Gasteiger partial charge >= 0.3 is 0 Å². The fourth-order valence-corrected chi connectivity index (χ4v) is 3.74. The molecule has 31 heavy (non-hydrogen) atoms. The minimum Gasteiger partial charge on any atom is -0.497 e. The Kier molecular flexibility index (Phi) is 8.04. The van der Waals surface area contributed by atoms with Crippen LogP contribution in [0, 0.1) is 6.92 Å². The first kappa shape index (κ1) is 22.8. The molecule has 0 saturated heterocycles. The number of nitrogens with one attached hydrogen (secondary N) is 1. The number of benzene rings is 2. The normalized spacial score (nSPS) is 13.1. The maximum absolute atomic E-state index is 10.5. The van der Waals surface area contributed by atoms with E-state index >= 15 is 0 Å². The third kappa shape index (κ3) is 6.29. The van der Waals surface area contributed by atoms with Crippen LogP contribution in [0.15, 0.2) is 66.7 Å². The molecule has 0 aliphatic carbocycles. The van der Waals surface area contributed by atoms with Crippen LogP contribution in [0.3, 0.4) is 0 Å². The summed E-state index contributed by atoms with van der Waals surface area (Å²) in [6.45, 7) is 4.53. The van der Waals surface area contributed by atoms with Gasteiger partial charge in [0.1, 0.15) is 17.6 Å². The highest BCUT2D eigenvalue weighted by Gasteiger charge is 2.19. The van der Waals surface area contributed by atoms with Crippen molar-refractivity contribution in [3.8, 4) is 11.5 Å². The van der Waals surface area contributed by atoms with Crippen molar-refractivity contribution in [2.24, 2.45) is 0 Å². The molecule has 0 bridgehead atoms. The van der Waals surface area contributed by atoms with Crippen molar-refractivity contribution in [1.29, 1.82) is 0 Å². The Morgan fingerprint density at radius 1 is 0.871 bits per heavy atom. The summed E-state index contributed by atoms with van der Waals surface area (Å²) in [4.78, 5) is 4.43. The number of pyridine rings is 1. The third-order valence-corrected chi connectivity index (χ3v) is 5.54. The van der Waals surface area contributed by atoms with Crippen molar-refractivity contribution in [1.82, 2.24) is 10.3 Å². The fraction of sp³-hybridized carbons (Fsp3) is 0.346. The molecule has 1 aromatic heterocycles. The number of hydrogen-bond donors (Lipinski definition) is 2. The van der Waals surface area contributed by atoms with Gasteiger partial charge in [-0.2, -0.15) is 0 Å². The number of aliphatic hydroxyl groups excluding tert-OH is 1. The lowest BCUT2D eigenvalue weighted by atomic mass is 9.86. The number of nitrogens with zero attached hydrogens (tertiary/aromatic N) is 1. The predicted octanol–water partition coefficient (Wildman–Crippen LogP) is 4.64. The highest BCUT2D eigenvalue weighted by Crippen LogP contribution is 2.31. The van der Waals surface area contributed by atoms with Crippen molar-refractivity contribution in [3.63, 3.8) is 0 Å². The Labute approximate surface area is 185 Å². The van der Waals surface area contributed by atoms with Crippen LogP contribution in [0.2, 0.25) is 0 Å². The summed E-state index contributed by atoms with van der Waals surface area (Å²) >= 11 is 0. The van der Waals surface area contributed by atoms with Gasteiger partial charge in [-0.05, 0) is 67.8 Å². The van der Waals surface area contributed by atoms with Gasteiger partial charge in [0, 0.05) is 24.2 Å². The van der Waals surface area contributed by atoms with Gasteiger partial charge < -0.3 is 19.9 Å². The Bertz CT molecular complexity index is 894. The zero-order valence-electron chi connectivity index (χ0n) is 18.7. The minimum atomic E-state index is -0.636. The molecule has 0 aliphatic heterocycles. The molecule has 0 unspecified atom stereocenters. The number of rotatable bonds is 10. The second-order valence-corrected chi connectivity index (χ2v) is 7.86. The molecule has 0 saturated carbocycles. The molecule has 0 amide bonds. The average molecular weight is 421 g/mol. The van der Waals surface area contributed by atoms with Gasteiger partial charge in [-0.1, -0.05) is 30.3 Å². The Hall–Kier alpha value is -2.89. The minimum absolute atomic E-state index is 0.189. The number of aromatic nitrogens is 1. The fourth-order valence-electron chi connectivity index (χ4n) is 3.74. The van der Waals surface area contributed by atoms with E-state index in [0.717, 1.165) is 23.6 Å². The first-order chi connectivity index (χ1) is 15.0. The molecule has 0 radical (unpaired) electrons. The number of hydrogen-bond acceptors (Lipinski definition) is 5. The zero-order chi connectivity index (χ0) is 22.2. The number of methoxy groups -OCH3 is 2. The molecule has 2 aromatic carbocycles. The van der Waals surface area contributed by atoms with Crippen molar-refractivity contribution in [3.05, 3.63) is 89.2 Å². The van der Waals surface area contributed by atoms with E-state index in [4.69, 9.17) is 9.47 Å². The molecular formula is C26H32N2O3. The molecule has 164 valence electrons. The summed E-state index contributed by atoms with van der Waals surface area (Å²) < 4.78 is 10.6. The van der Waals surface area contributed by atoms with Gasteiger partial charge in [0.15, 0.2) is 0 Å². The topological polar surface area (TPSA) is 63.6 Å². The van der Waals surface area contributed by atoms with E-state index in [1.165, 1.54) is 11.1 Å². The maximum atomic E-state index is 10.5. The van der Waals surface area contributed by atoms with E-state index in [1.54, 1.807) is 14.2 Å². The van der Waals surface area contributed by atoms with Crippen LogP contribution in [0.1, 0.15) is 47.9 Å². The molecule has 3 aromatic rings. The Morgan fingerprint density at radius 3 is 1.90 bits per heavy atom. The van der Waals surface area contributed by atoms with E-state index in [1.807, 2.05) is 49.4 Å². The maximum Gasteiger partial charge on any atom is 0.118 e. The van der Waals surface area contributed by atoms with Crippen LogP contribution < -0.4 is 14.8 Å². The Morgan fingerprint density at radius 2 is 1.42 bits per heavy atom. The largest absolute Gasteiger partial charge is 0.497 e. The van der Waals surface area contributed by atoms with Crippen molar-refractivity contribution >= 4 is 0 Å². The van der Waals surface area contributed by atoms with Crippen molar-refractivity contribution in [2.45, 2.75) is 38.3 Å². The van der Waals surface area contributed by atoms with E-state index in [9.17, 15) is 5.11 Å². The van der Waals surface area contributed by atoms with E-state index in [0.29, 0.717) is 12.2 Å². The molecule has 0 fully saturated rings. The molecule has 0 aliphatic rings. The predicted molar refractivity (Wildman–Crippen MR) is 124 cm³/mol. The summed E-state index contributed by atoms with van der Waals surface area (Å²) in [5.74, 6) is 1.89. The van der Waals surface area contributed by atoms with Crippen molar-refractivity contribution in [2.75, 3.05) is 20.8 Å². The van der Waals surface area contributed by atoms with Gasteiger partial charge in [0.2, 0.25) is 0 Å². The van der Waals surface area contributed by atoms with Gasteiger partial charge in [0.25, 0.3) is 0 Å². The van der Waals surface area contributed by atoms with Gasteiger partial charge in [-0.15, -0.1) is 0 Å². The molecule has 2 N–H and O–H groups in total. The summed E-state index contributed by atoms with van der Waals surface area (Å²) in [6, 6.07) is 22.4. The number of ether oxygens (including phenoxy) is 2. The van der Waals surface area contributed by atoms with Gasteiger partial charge in [-0.3, -0.25) is 4.98 Å². The van der Waals surface area contributed by atoms with Crippen LogP contribution in [0.25, 0.3) is 0 Å². The lowest BCUT2D eigenvalue weighted by Crippen LogP contribution is -2.32. The molecule has 2 atom stereocenters. The number of aliphatic hydroxyl groups is 1. The van der Waals surface area contributed by atoms with Crippen LogP contribution in [-0.2, 0) is 0 Å². The lowest BCUT2D eigenvalue weighted by molar-refractivity contribution is 0.165. The third-order valence-electron chi connectivity index (χ3n) is 5.54. The van der Waals surface area contributed by atoms with E-state index < -0.39 is 6.10 Å². The highest BCUT2D eigenvalue weighted by molar-refractivity contribution is 5.38. The monoisotopic (exact) mass is 420 g/mol. The molecule has 0 spiro atoms. The van der Waals surface area contributed by atoms with Crippen LogP contribution >= 0.6 is 0 Å². The Balaban J connectivity index is 1.72. The first-order valence-electron chi connectivity index (χ1n) is 10.6. The molecule has 1 heterocycles. The second kappa shape index (κ2) is 10.9. The average Bonchev–Trinajstić information content (AvgIpc) is 2.81. The van der Waals surface area contributed by atoms with Gasteiger partial charge in [0.05, 0.1) is 19.9 Å². The second-order valence-electron chi connectivity index (χ2n) is 7.86. The number of aryl methyl sites for hydroxylation is 1. The smallest absolute Gasteiger partial charge is 0.118 e. The molecular weight excluding hydrogens is 388 g/mol. The van der Waals surface area contributed by atoms with Crippen LogP contribution in [0.4, 0.5) is 0 Å². The van der Waals surface area contributed by atoms with E-state index in [-0.39, 0.29) is 12.0 Å². The van der Waals surface area contributed by atoms with E-state index in [2.05, 4.69) is 41.5 Å². The highest BCUT2D eigenvalue weighted by atomic mass is 16.5. The summed E-state index contributed by atoms with van der Waals surface area (Å²) in [6.07, 6.45) is 0.245. The summed E-state index contributed by atoms with van der Waals surface area (Å²) in [5.41, 5.74) is 4.05. The zero-order valence-corrected chi connectivity index (χ0v) is 18.7. The van der Waals surface area contributed by atoms with Crippen LogP contribution in [-0.4, -0.2) is 36.9 Å². The quantitative estimate of drug-likeness (QED) is 0.500. The van der Waals surface area contributed by atoms with Crippen LogP contribution in [0.5, 0.6) is 11.5 Å². The van der Waals surface area contributed by atoms with Gasteiger partial charge in [-0.25, -0.2) is 0 Å². The van der Waals surface area contributed by atoms with Crippen molar-refractivity contribution < 1.29 is 14.6 Å².